The highest BCUT2D eigenvalue weighted by Gasteiger charge is 2.20. The van der Waals surface area contributed by atoms with Crippen molar-refractivity contribution in [3.63, 3.8) is 0 Å². The quantitative estimate of drug-likeness (QED) is 0.706. The third kappa shape index (κ3) is 3.39. The first-order valence-corrected chi connectivity index (χ1v) is 5.65. The molecular formula is C12H14Cl2O2. The van der Waals surface area contributed by atoms with Crippen LogP contribution in [0.5, 0.6) is 0 Å². The minimum Gasteiger partial charge on any atom is -0.456 e. The van der Waals surface area contributed by atoms with Crippen LogP contribution in [0.2, 0.25) is 10.0 Å². The molecule has 0 aliphatic heterocycles. The molecule has 0 unspecified atom stereocenters. The van der Waals surface area contributed by atoms with Crippen molar-refractivity contribution < 1.29 is 9.53 Å². The Hall–Kier alpha value is -0.730. The number of aryl methyl sites for hydroxylation is 1. The van der Waals surface area contributed by atoms with Crippen molar-refractivity contribution in [1.82, 2.24) is 0 Å². The Morgan fingerprint density at radius 2 is 1.75 bits per heavy atom. The largest absolute Gasteiger partial charge is 0.456 e. The molecule has 0 saturated heterocycles. The van der Waals surface area contributed by atoms with Crippen molar-refractivity contribution in [3.05, 3.63) is 33.3 Å². The molecule has 0 atom stereocenters. The number of hydrogen-bond donors (Lipinski definition) is 0. The van der Waals surface area contributed by atoms with Gasteiger partial charge in [-0.25, -0.2) is 4.79 Å². The maximum absolute atomic E-state index is 11.8. The van der Waals surface area contributed by atoms with E-state index in [9.17, 15) is 4.79 Å². The van der Waals surface area contributed by atoms with Gasteiger partial charge in [0.25, 0.3) is 0 Å². The smallest absolute Gasteiger partial charge is 0.340 e. The van der Waals surface area contributed by atoms with Gasteiger partial charge in [0.2, 0.25) is 0 Å². The van der Waals surface area contributed by atoms with Gasteiger partial charge >= 0.3 is 5.97 Å². The molecule has 0 N–H and O–H groups in total. The van der Waals surface area contributed by atoms with E-state index in [1.54, 1.807) is 12.1 Å². The summed E-state index contributed by atoms with van der Waals surface area (Å²) in [5.41, 5.74) is 0.610. The van der Waals surface area contributed by atoms with E-state index >= 15 is 0 Å². The topological polar surface area (TPSA) is 26.3 Å². The summed E-state index contributed by atoms with van der Waals surface area (Å²) in [6.45, 7) is 7.23. The Morgan fingerprint density at radius 3 is 2.25 bits per heavy atom. The van der Waals surface area contributed by atoms with Crippen LogP contribution in [0.3, 0.4) is 0 Å². The average Bonchev–Trinajstić information content (AvgIpc) is 2.08. The Bertz CT molecular complexity index is 420. The van der Waals surface area contributed by atoms with Gasteiger partial charge in [-0.05, 0) is 45.4 Å². The SMILES string of the molecule is Cc1cc(C(=O)OC(C)(C)C)c(Cl)cc1Cl. The summed E-state index contributed by atoms with van der Waals surface area (Å²) in [7, 11) is 0. The van der Waals surface area contributed by atoms with Gasteiger partial charge in [-0.2, -0.15) is 0 Å². The molecule has 0 saturated carbocycles. The maximum atomic E-state index is 11.8. The molecule has 1 rings (SSSR count). The summed E-state index contributed by atoms with van der Waals surface area (Å²) in [4.78, 5) is 11.8. The Labute approximate surface area is 106 Å². The molecule has 0 aliphatic carbocycles. The van der Waals surface area contributed by atoms with Gasteiger partial charge in [0.15, 0.2) is 0 Å². The molecule has 0 bridgehead atoms. The van der Waals surface area contributed by atoms with Crippen LogP contribution in [0.1, 0.15) is 36.7 Å². The molecule has 4 heteroatoms. The molecule has 0 heterocycles. The van der Waals surface area contributed by atoms with Crippen molar-refractivity contribution in [2.45, 2.75) is 33.3 Å². The summed E-state index contributed by atoms with van der Waals surface area (Å²) in [6.07, 6.45) is 0. The Balaban J connectivity index is 3.05. The lowest BCUT2D eigenvalue weighted by molar-refractivity contribution is 0.00697. The highest BCUT2D eigenvalue weighted by atomic mass is 35.5. The number of hydrogen-bond acceptors (Lipinski definition) is 2. The first-order valence-electron chi connectivity index (χ1n) is 4.90. The summed E-state index contributed by atoms with van der Waals surface area (Å²) in [6, 6.07) is 3.19. The van der Waals surface area contributed by atoms with E-state index in [0.29, 0.717) is 15.6 Å². The predicted octanol–water partition coefficient (Wildman–Crippen LogP) is 4.26. The van der Waals surface area contributed by atoms with E-state index in [4.69, 9.17) is 27.9 Å². The van der Waals surface area contributed by atoms with Crippen molar-refractivity contribution >= 4 is 29.2 Å². The van der Waals surface area contributed by atoms with Crippen molar-refractivity contribution in [2.24, 2.45) is 0 Å². The Morgan fingerprint density at radius 1 is 1.19 bits per heavy atom. The van der Waals surface area contributed by atoms with Crippen molar-refractivity contribution in [1.29, 1.82) is 0 Å². The highest BCUT2D eigenvalue weighted by molar-refractivity contribution is 6.37. The van der Waals surface area contributed by atoms with Crippen LogP contribution in [0.4, 0.5) is 0 Å². The maximum Gasteiger partial charge on any atom is 0.340 e. The summed E-state index contributed by atoms with van der Waals surface area (Å²) < 4.78 is 5.23. The van der Waals surface area contributed by atoms with Gasteiger partial charge in [0.1, 0.15) is 5.60 Å². The standard InChI is InChI=1S/C12H14Cl2O2/c1-7-5-8(10(14)6-9(7)13)11(15)16-12(2,3)4/h5-6H,1-4H3. The molecule has 2 nitrogen and oxygen atoms in total. The molecule has 0 aromatic heterocycles. The average molecular weight is 261 g/mol. The van der Waals surface area contributed by atoms with E-state index in [-0.39, 0.29) is 0 Å². The number of ether oxygens (including phenoxy) is 1. The fourth-order valence-corrected chi connectivity index (χ4v) is 1.61. The van der Waals surface area contributed by atoms with Crippen LogP contribution in [0.15, 0.2) is 12.1 Å². The third-order valence-corrected chi connectivity index (χ3v) is 2.59. The normalized spacial score (nSPS) is 11.4. The second kappa shape index (κ2) is 4.64. The zero-order valence-corrected chi connectivity index (χ0v) is 11.2. The zero-order valence-electron chi connectivity index (χ0n) is 9.73. The first kappa shape index (κ1) is 13.3. The summed E-state index contributed by atoms with van der Waals surface area (Å²) in [5, 5.41) is 0.849. The fourth-order valence-electron chi connectivity index (χ4n) is 1.15. The molecule has 0 aliphatic rings. The molecule has 88 valence electrons. The molecule has 0 fully saturated rings. The number of rotatable bonds is 1. The van der Waals surface area contributed by atoms with Crippen LogP contribution in [-0.2, 0) is 4.74 Å². The van der Waals surface area contributed by atoms with E-state index in [1.807, 2.05) is 27.7 Å². The van der Waals surface area contributed by atoms with Crippen molar-refractivity contribution in [2.75, 3.05) is 0 Å². The van der Waals surface area contributed by atoms with Crippen LogP contribution in [0.25, 0.3) is 0 Å². The van der Waals surface area contributed by atoms with Crippen LogP contribution < -0.4 is 0 Å². The summed E-state index contributed by atoms with van der Waals surface area (Å²) in [5.74, 6) is -0.433. The van der Waals surface area contributed by atoms with Crippen LogP contribution in [0, 0.1) is 6.92 Å². The highest BCUT2D eigenvalue weighted by Crippen LogP contribution is 2.26. The number of halogens is 2. The van der Waals surface area contributed by atoms with Gasteiger partial charge < -0.3 is 4.74 Å². The van der Waals surface area contributed by atoms with E-state index < -0.39 is 11.6 Å². The molecular weight excluding hydrogens is 247 g/mol. The lowest BCUT2D eigenvalue weighted by atomic mass is 10.1. The summed E-state index contributed by atoms with van der Waals surface area (Å²) >= 11 is 11.8. The molecule has 0 spiro atoms. The second-order valence-corrected chi connectivity index (χ2v) is 5.40. The van der Waals surface area contributed by atoms with E-state index in [1.165, 1.54) is 0 Å². The lowest BCUT2D eigenvalue weighted by Crippen LogP contribution is -2.24. The molecule has 0 radical (unpaired) electrons. The third-order valence-electron chi connectivity index (χ3n) is 1.87. The van der Waals surface area contributed by atoms with Crippen LogP contribution >= 0.6 is 23.2 Å². The van der Waals surface area contributed by atoms with Gasteiger partial charge in [-0.3, -0.25) is 0 Å². The van der Waals surface area contributed by atoms with E-state index in [2.05, 4.69) is 0 Å². The van der Waals surface area contributed by atoms with E-state index in [0.717, 1.165) is 5.56 Å². The number of esters is 1. The minimum atomic E-state index is -0.534. The van der Waals surface area contributed by atoms with Gasteiger partial charge in [-0.1, -0.05) is 23.2 Å². The number of carbonyl (C=O) groups excluding carboxylic acids is 1. The fraction of sp³-hybridized carbons (Fsp3) is 0.417. The van der Waals surface area contributed by atoms with Gasteiger partial charge in [0, 0.05) is 5.02 Å². The molecule has 16 heavy (non-hydrogen) atoms. The monoisotopic (exact) mass is 260 g/mol. The number of benzene rings is 1. The van der Waals surface area contributed by atoms with Crippen molar-refractivity contribution in [3.8, 4) is 0 Å². The van der Waals surface area contributed by atoms with Gasteiger partial charge in [-0.15, -0.1) is 0 Å². The zero-order chi connectivity index (χ0) is 12.5. The first-order chi connectivity index (χ1) is 7.20. The van der Waals surface area contributed by atoms with Crippen LogP contribution in [-0.4, -0.2) is 11.6 Å². The predicted molar refractivity (Wildman–Crippen MR) is 66.4 cm³/mol. The Kier molecular flexibility index (Phi) is 3.87. The number of carbonyl (C=O) groups is 1. The molecule has 1 aromatic carbocycles. The van der Waals surface area contributed by atoms with Gasteiger partial charge in [0.05, 0.1) is 10.6 Å². The lowest BCUT2D eigenvalue weighted by Gasteiger charge is -2.20. The molecule has 0 amide bonds. The minimum absolute atomic E-state index is 0.310. The molecule has 1 aromatic rings. The second-order valence-electron chi connectivity index (χ2n) is 4.58.